The maximum atomic E-state index is 11.8. The predicted molar refractivity (Wildman–Crippen MR) is 63.0 cm³/mol. The molecule has 5 nitrogen and oxygen atoms in total. The number of esters is 1. The van der Waals surface area contributed by atoms with Crippen LogP contribution in [0.25, 0.3) is 0 Å². The molecule has 0 amide bonds. The molecule has 1 fully saturated rings. The maximum Gasteiger partial charge on any atom is 0.341 e. The lowest BCUT2D eigenvalue weighted by molar-refractivity contribution is 0.0526. The molecule has 17 heavy (non-hydrogen) atoms. The molecule has 0 spiro atoms. The molecule has 92 valence electrons. The fraction of sp³-hybridized carbons (Fsp3) is 0.500. The van der Waals surface area contributed by atoms with Crippen LogP contribution in [0.3, 0.4) is 0 Å². The standard InChI is InChI=1S/C12H16N2O3/c1-2-17-12(16)10-4-3-6-13-11(10)14-7-5-9(15)8-14/h3-4,6,9,15H,2,5,7-8H2,1H3/t9-/m0/s1. The number of carbonyl (C=O) groups is 1. The Balaban J connectivity index is 2.24. The summed E-state index contributed by atoms with van der Waals surface area (Å²) in [6, 6.07) is 3.41. The van der Waals surface area contributed by atoms with E-state index in [4.69, 9.17) is 4.74 Å². The van der Waals surface area contributed by atoms with Gasteiger partial charge < -0.3 is 14.7 Å². The molecule has 1 aliphatic heterocycles. The summed E-state index contributed by atoms with van der Waals surface area (Å²) in [7, 11) is 0. The van der Waals surface area contributed by atoms with Gasteiger partial charge in [0, 0.05) is 19.3 Å². The van der Waals surface area contributed by atoms with Crippen LogP contribution in [-0.2, 0) is 4.74 Å². The number of β-amino-alcohol motifs (C(OH)–C–C–N with tert-alkyl or cyclic N) is 1. The van der Waals surface area contributed by atoms with Crippen molar-refractivity contribution in [2.24, 2.45) is 0 Å². The number of aliphatic hydroxyl groups is 1. The number of hydrogen-bond acceptors (Lipinski definition) is 5. The summed E-state index contributed by atoms with van der Waals surface area (Å²) in [5, 5.41) is 9.51. The molecular formula is C12H16N2O3. The zero-order chi connectivity index (χ0) is 12.3. The average molecular weight is 236 g/mol. The van der Waals surface area contributed by atoms with Crippen LogP contribution < -0.4 is 4.90 Å². The Morgan fingerprint density at radius 3 is 3.18 bits per heavy atom. The minimum atomic E-state index is -0.364. The molecule has 1 N–H and O–H groups in total. The van der Waals surface area contributed by atoms with Gasteiger partial charge in [0.1, 0.15) is 11.4 Å². The first-order chi connectivity index (χ1) is 8.22. The number of hydrogen-bond donors (Lipinski definition) is 1. The van der Waals surface area contributed by atoms with Gasteiger partial charge in [0.15, 0.2) is 0 Å². The molecule has 0 unspecified atom stereocenters. The van der Waals surface area contributed by atoms with Crippen LogP contribution in [-0.4, -0.2) is 41.9 Å². The minimum absolute atomic E-state index is 0.341. The van der Waals surface area contributed by atoms with Gasteiger partial charge in [0.05, 0.1) is 12.7 Å². The van der Waals surface area contributed by atoms with E-state index in [-0.39, 0.29) is 12.1 Å². The SMILES string of the molecule is CCOC(=O)c1cccnc1N1CC[C@H](O)C1. The normalized spacial score (nSPS) is 19.4. The molecule has 1 aromatic rings. The monoisotopic (exact) mass is 236 g/mol. The first-order valence-electron chi connectivity index (χ1n) is 5.77. The molecule has 0 aromatic carbocycles. The van der Waals surface area contributed by atoms with Gasteiger partial charge in [0.2, 0.25) is 0 Å². The summed E-state index contributed by atoms with van der Waals surface area (Å²) in [6.07, 6.45) is 2.01. The topological polar surface area (TPSA) is 62.7 Å². The second-order valence-corrected chi connectivity index (χ2v) is 3.98. The van der Waals surface area contributed by atoms with Crippen molar-refractivity contribution in [1.82, 2.24) is 4.98 Å². The van der Waals surface area contributed by atoms with Crippen molar-refractivity contribution in [3.05, 3.63) is 23.9 Å². The summed E-state index contributed by atoms with van der Waals surface area (Å²) in [4.78, 5) is 17.9. The third-order valence-electron chi connectivity index (χ3n) is 2.74. The summed E-state index contributed by atoms with van der Waals surface area (Å²) in [5.41, 5.74) is 0.462. The maximum absolute atomic E-state index is 11.8. The zero-order valence-corrected chi connectivity index (χ0v) is 9.80. The van der Waals surface area contributed by atoms with E-state index in [0.717, 1.165) is 0 Å². The number of nitrogens with zero attached hydrogens (tertiary/aromatic N) is 2. The van der Waals surface area contributed by atoms with E-state index in [1.54, 1.807) is 25.3 Å². The highest BCUT2D eigenvalue weighted by molar-refractivity contribution is 5.94. The lowest BCUT2D eigenvalue weighted by Gasteiger charge is -2.18. The average Bonchev–Trinajstić information content (AvgIpc) is 2.76. The molecule has 1 aromatic heterocycles. The molecule has 0 saturated carbocycles. The van der Waals surface area contributed by atoms with Crippen molar-refractivity contribution in [1.29, 1.82) is 0 Å². The van der Waals surface area contributed by atoms with Crippen molar-refractivity contribution < 1.29 is 14.6 Å². The molecular weight excluding hydrogens is 220 g/mol. The van der Waals surface area contributed by atoms with E-state index in [0.29, 0.717) is 37.5 Å². The number of aliphatic hydroxyl groups excluding tert-OH is 1. The second kappa shape index (κ2) is 5.14. The molecule has 5 heteroatoms. The van der Waals surface area contributed by atoms with Crippen LogP contribution in [0.2, 0.25) is 0 Å². The van der Waals surface area contributed by atoms with Crippen LogP contribution in [0, 0.1) is 0 Å². The molecule has 0 aliphatic carbocycles. The minimum Gasteiger partial charge on any atom is -0.462 e. The fourth-order valence-electron chi connectivity index (χ4n) is 1.95. The predicted octanol–water partition coefficient (Wildman–Crippen LogP) is 0.829. The molecule has 0 bridgehead atoms. The van der Waals surface area contributed by atoms with Gasteiger partial charge in [-0.15, -0.1) is 0 Å². The van der Waals surface area contributed by atoms with Gasteiger partial charge in [-0.2, -0.15) is 0 Å². The number of carbonyl (C=O) groups excluding carboxylic acids is 1. The van der Waals surface area contributed by atoms with E-state index in [1.807, 2.05) is 4.90 Å². The number of ether oxygens (including phenoxy) is 1. The van der Waals surface area contributed by atoms with Crippen molar-refractivity contribution in [3.8, 4) is 0 Å². The van der Waals surface area contributed by atoms with Crippen LogP contribution in [0.5, 0.6) is 0 Å². The molecule has 2 heterocycles. The molecule has 1 saturated heterocycles. The van der Waals surface area contributed by atoms with E-state index in [1.165, 1.54) is 0 Å². The van der Waals surface area contributed by atoms with Crippen molar-refractivity contribution >= 4 is 11.8 Å². The largest absolute Gasteiger partial charge is 0.462 e. The van der Waals surface area contributed by atoms with Crippen molar-refractivity contribution in [3.63, 3.8) is 0 Å². The highest BCUT2D eigenvalue weighted by atomic mass is 16.5. The van der Waals surface area contributed by atoms with Crippen LogP contribution in [0.1, 0.15) is 23.7 Å². The molecule has 0 radical (unpaired) electrons. The van der Waals surface area contributed by atoms with Gasteiger partial charge in [0.25, 0.3) is 0 Å². The Morgan fingerprint density at radius 1 is 1.71 bits per heavy atom. The second-order valence-electron chi connectivity index (χ2n) is 3.98. The highest BCUT2D eigenvalue weighted by Crippen LogP contribution is 2.22. The van der Waals surface area contributed by atoms with Gasteiger partial charge in [-0.05, 0) is 25.5 Å². The van der Waals surface area contributed by atoms with Crippen molar-refractivity contribution in [2.75, 3.05) is 24.6 Å². The van der Waals surface area contributed by atoms with Gasteiger partial charge in [-0.3, -0.25) is 0 Å². The van der Waals surface area contributed by atoms with Gasteiger partial charge in [-0.25, -0.2) is 9.78 Å². The smallest absolute Gasteiger partial charge is 0.341 e. The fourth-order valence-corrected chi connectivity index (χ4v) is 1.95. The quantitative estimate of drug-likeness (QED) is 0.787. The third kappa shape index (κ3) is 2.55. The Bertz CT molecular complexity index is 408. The lowest BCUT2D eigenvalue weighted by atomic mass is 10.2. The van der Waals surface area contributed by atoms with E-state index in [2.05, 4.69) is 4.98 Å². The van der Waals surface area contributed by atoms with Crippen molar-refractivity contribution in [2.45, 2.75) is 19.4 Å². The molecule has 1 atom stereocenters. The van der Waals surface area contributed by atoms with Gasteiger partial charge >= 0.3 is 5.97 Å². The van der Waals surface area contributed by atoms with E-state index >= 15 is 0 Å². The van der Waals surface area contributed by atoms with Crippen LogP contribution in [0.4, 0.5) is 5.82 Å². The Labute approximate surface area is 100 Å². The van der Waals surface area contributed by atoms with E-state index < -0.39 is 0 Å². The summed E-state index contributed by atoms with van der Waals surface area (Å²) >= 11 is 0. The highest BCUT2D eigenvalue weighted by Gasteiger charge is 2.25. The number of rotatable bonds is 3. The zero-order valence-electron chi connectivity index (χ0n) is 9.80. The van der Waals surface area contributed by atoms with Crippen LogP contribution >= 0.6 is 0 Å². The first-order valence-corrected chi connectivity index (χ1v) is 5.77. The summed E-state index contributed by atoms with van der Waals surface area (Å²) in [5.74, 6) is 0.236. The number of anilines is 1. The first kappa shape index (κ1) is 11.9. The number of aromatic nitrogens is 1. The molecule has 1 aliphatic rings. The molecule has 2 rings (SSSR count). The Morgan fingerprint density at radius 2 is 2.53 bits per heavy atom. The van der Waals surface area contributed by atoms with E-state index in [9.17, 15) is 9.90 Å². The Hall–Kier alpha value is -1.62. The Kier molecular flexibility index (Phi) is 3.58. The number of pyridine rings is 1. The summed E-state index contributed by atoms with van der Waals surface area (Å²) < 4.78 is 4.99. The summed E-state index contributed by atoms with van der Waals surface area (Å²) in [6.45, 7) is 3.34. The third-order valence-corrected chi connectivity index (χ3v) is 2.74. The van der Waals surface area contributed by atoms with Gasteiger partial charge in [-0.1, -0.05) is 0 Å². The lowest BCUT2D eigenvalue weighted by Crippen LogP contribution is -2.25. The van der Waals surface area contributed by atoms with Crippen LogP contribution in [0.15, 0.2) is 18.3 Å².